The SMILES string of the molecule is CCC(NC(=O)Cn1nc2ccccn2c1=O)(C(=O)OC)c1ccccc1. The van der Waals surface area contributed by atoms with Crippen LogP contribution in [0.15, 0.2) is 59.5 Å². The molecule has 2 aromatic heterocycles. The zero-order valence-corrected chi connectivity index (χ0v) is 15.1. The number of amides is 1. The summed E-state index contributed by atoms with van der Waals surface area (Å²) in [5, 5.41) is 6.88. The quantitative estimate of drug-likeness (QED) is 0.657. The standard InChI is InChI=1S/C19H20N4O4/c1-3-19(17(25)27-2,14-9-5-4-6-10-14)20-16(24)13-23-18(26)22-12-8-7-11-15(22)21-23/h4-12H,3,13H2,1-2H3,(H,20,24). The Bertz CT molecular complexity index is 1020. The molecule has 0 spiro atoms. The van der Waals surface area contributed by atoms with E-state index in [2.05, 4.69) is 10.4 Å². The Kier molecular flexibility index (Phi) is 5.07. The van der Waals surface area contributed by atoms with Gasteiger partial charge >= 0.3 is 11.7 Å². The molecule has 0 bridgehead atoms. The number of pyridine rings is 1. The highest BCUT2D eigenvalue weighted by molar-refractivity contribution is 5.89. The lowest BCUT2D eigenvalue weighted by atomic mass is 9.87. The number of nitrogens with one attached hydrogen (secondary N) is 1. The van der Waals surface area contributed by atoms with Crippen LogP contribution in [0.3, 0.4) is 0 Å². The molecule has 0 aliphatic rings. The first-order chi connectivity index (χ1) is 13.0. The van der Waals surface area contributed by atoms with E-state index in [1.807, 2.05) is 6.07 Å². The zero-order chi connectivity index (χ0) is 19.4. The van der Waals surface area contributed by atoms with Crippen molar-refractivity contribution in [3.05, 3.63) is 70.8 Å². The van der Waals surface area contributed by atoms with E-state index in [4.69, 9.17) is 4.74 Å². The molecular weight excluding hydrogens is 348 g/mol. The maximum Gasteiger partial charge on any atom is 0.350 e. The van der Waals surface area contributed by atoms with Crippen LogP contribution < -0.4 is 11.0 Å². The van der Waals surface area contributed by atoms with Crippen LogP contribution in [0.4, 0.5) is 0 Å². The first-order valence-corrected chi connectivity index (χ1v) is 8.51. The van der Waals surface area contributed by atoms with Gasteiger partial charge in [0.25, 0.3) is 0 Å². The van der Waals surface area contributed by atoms with Gasteiger partial charge in [-0.15, -0.1) is 5.10 Å². The Morgan fingerprint density at radius 2 is 1.85 bits per heavy atom. The number of hydrogen-bond acceptors (Lipinski definition) is 5. The number of esters is 1. The minimum Gasteiger partial charge on any atom is -0.467 e. The summed E-state index contributed by atoms with van der Waals surface area (Å²) in [7, 11) is 1.27. The first-order valence-electron chi connectivity index (χ1n) is 8.51. The fourth-order valence-corrected chi connectivity index (χ4v) is 3.06. The monoisotopic (exact) mass is 368 g/mol. The molecule has 1 unspecified atom stereocenters. The number of ether oxygens (including phenoxy) is 1. The van der Waals surface area contributed by atoms with Crippen molar-refractivity contribution >= 4 is 17.5 Å². The Morgan fingerprint density at radius 3 is 2.48 bits per heavy atom. The lowest BCUT2D eigenvalue weighted by Gasteiger charge is -2.31. The fourth-order valence-electron chi connectivity index (χ4n) is 3.06. The molecule has 3 rings (SSSR count). The van der Waals surface area contributed by atoms with E-state index >= 15 is 0 Å². The molecule has 8 heteroatoms. The molecule has 1 atom stereocenters. The minimum atomic E-state index is -1.34. The van der Waals surface area contributed by atoms with Crippen LogP contribution in [0, 0.1) is 0 Å². The van der Waals surface area contributed by atoms with Crippen molar-refractivity contribution in [1.82, 2.24) is 19.5 Å². The fraction of sp³-hybridized carbons (Fsp3) is 0.263. The number of carbonyl (C=O) groups is 2. The molecular formula is C19H20N4O4. The van der Waals surface area contributed by atoms with Gasteiger partial charge in [0.1, 0.15) is 6.54 Å². The molecule has 1 aromatic carbocycles. The van der Waals surface area contributed by atoms with Crippen LogP contribution in [0.25, 0.3) is 5.65 Å². The molecule has 0 aliphatic heterocycles. The van der Waals surface area contributed by atoms with Crippen molar-refractivity contribution in [2.75, 3.05) is 7.11 Å². The van der Waals surface area contributed by atoms with Crippen molar-refractivity contribution in [2.24, 2.45) is 0 Å². The number of benzene rings is 1. The van der Waals surface area contributed by atoms with Gasteiger partial charge in [-0.1, -0.05) is 43.3 Å². The second-order valence-electron chi connectivity index (χ2n) is 6.03. The lowest BCUT2D eigenvalue weighted by Crippen LogP contribution is -2.53. The van der Waals surface area contributed by atoms with Crippen LogP contribution in [0.5, 0.6) is 0 Å². The molecule has 1 N–H and O–H groups in total. The molecule has 0 aliphatic carbocycles. The maximum absolute atomic E-state index is 12.7. The van der Waals surface area contributed by atoms with Crippen LogP contribution in [0.2, 0.25) is 0 Å². The topological polar surface area (TPSA) is 94.7 Å². The molecule has 0 radical (unpaired) electrons. The average molecular weight is 368 g/mol. The largest absolute Gasteiger partial charge is 0.467 e. The molecule has 3 aromatic rings. The van der Waals surface area contributed by atoms with Gasteiger partial charge in [0, 0.05) is 6.20 Å². The predicted octanol–water partition coefficient (Wildman–Crippen LogP) is 1.09. The third-order valence-electron chi connectivity index (χ3n) is 4.47. The molecule has 1 amide bonds. The van der Waals surface area contributed by atoms with Crippen molar-refractivity contribution < 1.29 is 14.3 Å². The molecule has 140 valence electrons. The summed E-state index contributed by atoms with van der Waals surface area (Å²) >= 11 is 0. The third-order valence-corrected chi connectivity index (χ3v) is 4.47. The van der Waals surface area contributed by atoms with Gasteiger partial charge in [-0.2, -0.15) is 0 Å². The lowest BCUT2D eigenvalue weighted by molar-refractivity contribution is -0.152. The van der Waals surface area contributed by atoms with Crippen LogP contribution in [0.1, 0.15) is 18.9 Å². The highest BCUT2D eigenvalue weighted by atomic mass is 16.5. The number of nitrogens with zero attached hydrogens (tertiary/aromatic N) is 3. The Balaban J connectivity index is 1.91. The summed E-state index contributed by atoms with van der Waals surface area (Å²) in [4.78, 5) is 37.6. The van der Waals surface area contributed by atoms with E-state index in [-0.39, 0.29) is 13.0 Å². The van der Waals surface area contributed by atoms with Gasteiger partial charge in [0.2, 0.25) is 5.91 Å². The number of rotatable bonds is 6. The zero-order valence-electron chi connectivity index (χ0n) is 15.1. The van der Waals surface area contributed by atoms with Crippen LogP contribution in [-0.4, -0.2) is 33.2 Å². The average Bonchev–Trinajstić information content (AvgIpc) is 3.02. The number of hydrogen-bond donors (Lipinski definition) is 1. The van der Waals surface area contributed by atoms with Crippen molar-refractivity contribution in [1.29, 1.82) is 0 Å². The summed E-state index contributed by atoms with van der Waals surface area (Å²) in [6.45, 7) is 1.47. The normalized spacial score (nSPS) is 13.1. The molecule has 0 saturated carbocycles. The van der Waals surface area contributed by atoms with Crippen molar-refractivity contribution in [3.8, 4) is 0 Å². The molecule has 0 saturated heterocycles. The smallest absolute Gasteiger partial charge is 0.350 e. The molecule has 27 heavy (non-hydrogen) atoms. The van der Waals surface area contributed by atoms with Gasteiger partial charge in [-0.3, -0.25) is 9.20 Å². The minimum absolute atomic E-state index is 0.287. The Morgan fingerprint density at radius 1 is 1.15 bits per heavy atom. The second kappa shape index (κ2) is 7.45. The van der Waals surface area contributed by atoms with E-state index < -0.39 is 23.1 Å². The van der Waals surface area contributed by atoms with Crippen molar-refractivity contribution in [2.45, 2.75) is 25.4 Å². The predicted molar refractivity (Wildman–Crippen MR) is 98.0 cm³/mol. The highest BCUT2D eigenvalue weighted by Gasteiger charge is 2.41. The Hall–Kier alpha value is -3.42. The van der Waals surface area contributed by atoms with Gasteiger partial charge in [-0.05, 0) is 24.1 Å². The summed E-state index contributed by atoms with van der Waals surface area (Å²) < 4.78 is 7.35. The summed E-state index contributed by atoms with van der Waals surface area (Å²) in [6.07, 6.45) is 1.86. The van der Waals surface area contributed by atoms with Gasteiger partial charge in [0.05, 0.1) is 7.11 Å². The number of aromatic nitrogens is 3. The number of methoxy groups -OCH3 is 1. The number of carbonyl (C=O) groups excluding carboxylic acids is 2. The third kappa shape index (κ3) is 3.33. The Labute approximate surface area is 155 Å². The highest BCUT2D eigenvalue weighted by Crippen LogP contribution is 2.26. The first kappa shape index (κ1) is 18.4. The van der Waals surface area contributed by atoms with Crippen LogP contribution in [-0.2, 0) is 26.4 Å². The number of fused-ring (bicyclic) bond motifs is 1. The van der Waals surface area contributed by atoms with Gasteiger partial charge in [0.15, 0.2) is 11.2 Å². The van der Waals surface area contributed by atoms with E-state index in [1.165, 1.54) is 11.5 Å². The summed E-state index contributed by atoms with van der Waals surface area (Å²) in [5.41, 5.74) is -0.723. The van der Waals surface area contributed by atoms with Crippen LogP contribution >= 0.6 is 0 Å². The summed E-state index contributed by atoms with van der Waals surface area (Å²) in [6, 6.07) is 14.0. The van der Waals surface area contributed by atoms with E-state index in [9.17, 15) is 14.4 Å². The molecule has 8 nitrogen and oxygen atoms in total. The molecule has 2 heterocycles. The van der Waals surface area contributed by atoms with Crippen molar-refractivity contribution in [3.63, 3.8) is 0 Å². The van der Waals surface area contributed by atoms with E-state index in [0.717, 1.165) is 4.68 Å². The second-order valence-corrected chi connectivity index (χ2v) is 6.03. The van der Waals surface area contributed by atoms with Gasteiger partial charge < -0.3 is 10.1 Å². The van der Waals surface area contributed by atoms with Gasteiger partial charge in [-0.25, -0.2) is 14.3 Å². The maximum atomic E-state index is 12.7. The van der Waals surface area contributed by atoms with E-state index in [1.54, 1.807) is 55.6 Å². The molecule has 0 fully saturated rings. The summed E-state index contributed by atoms with van der Waals surface area (Å²) in [5.74, 6) is -1.09. The van der Waals surface area contributed by atoms with E-state index in [0.29, 0.717) is 11.2 Å².